The first-order valence-electron chi connectivity index (χ1n) is 5.34. The molecule has 1 aliphatic heterocycles. The number of hydrogen-bond donors (Lipinski definition) is 1. The summed E-state index contributed by atoms with van der Waals surface area (Å²) >= 11 is 0. The zero-order valence-electron chi connectivity index (χ0n) is 8.98. The van der Waals surface area contributed by atoms with Gasteiger partial charge in [0.15, 0.2) is 0 Å². The molecule has 0 amide bonds. The molecular weight excluding hydrogens is 204 g/mol. The Morgan fingerprint density at radius 2 is 2.38 bits per heavy atom. The van der Waals surface area contributed by atoms with Crippen LogP contribution in [0, 0.1) is 11.3 Å². The predicted octanol–water partition coefficient (Wildman–Crippen LogP) is 0.925. The molecule has 1 fully saturated rings. The number of ether oxygens (including phenoxy) is 2. The van der Waals surface area contributed by atoms with Crippen LogP contribution >= 0.6 is 0 Å². The molecule has 4 nitrogen and oxygen atoms in total. The molecule has 0 spiro atoms. The van der Waals surface area contributed by atoms with Crippen molar-refractivity contribution >= 4 is 0 Å². The molecule has 0 aromatic heterocycles. The van der Waals surface area contributed by atoms with E-state index in [0.717, 1.165) is 13.1 Å². The maximum Gasteiger partial charge on any atom is 0.137 e. The van der Waals surface area contributed by atoms with Crippen LogP contribution in [0.5, 0.6) is 5.75 Å². The molecule has 16 heavy (non-hydrogen) atoms. The lowest BCUT2D eigenvalue weighted by atomic mass is 10.2. The quantitative estimate of drug-likeness (QED) is 0.819. The first-order chi connectivity index (χ1) is 7.90. The van der Waals surface area contributed by atoms with E-state index in [1.165, 1.54) is 0 Å². The average molecular weight is 218 g/mol. The Hall–Kier alpha value is -1.57. The lowest BCUT2D eigenvalue weighted by Gasteiger charge is -2.23. The van der Waals surface area contributed by atoms with Gasteiger partial charge in [0, 0.05) is 13.1 Å². The number of nitrogens with one attached hydrogen (secondary N) is 1. The minimum Gasteiger partial charge on any atom is -0.489 e. The number of para-hydroxylation sites is 1. The van der Waals surface area contributed by atoms with E-state index in [1.807, 2.05) is 12.1 Å². The zero-order valence-corrected chi connectivity index (χ0v) is 8.98. The number of nitrogens with zero attached hydrogens (tertiary/aromatic N) is 1. The van der Waals surface area contributed by atoms with E-state index in [4.69, 9.17) is 14.7 Å². The summed E-state index contributed by atoms with van der Waals surface area (Å²) in [4.78, 5) is 0. The van der Waals surface area contributed by atoms with Gasteiger partial charge >= 0.3 is 0 Å². The van der Waals surface area contributed by atoms with Gasteiger partial charge in [-0.2, -0.15) is 5.26 Å². The molecule has 0 bridgehead atoms. The van der Waals surface area contributed by atoms with Crippen LogP contribution in [-0.4, -0.2) is 32.4 Å². The Balaban J connectivity index is 1.91. The van der Waals surface area contributed by atoms with Gasteiger partial charge in [-0.15, -0.1) is 0 Å². The summed E-state index contributed by atoms with van der Waals surface area (Å²) in [6.07, 6.45) is 0.0699. The maximum absolute atomic E-state index is 8.88. The predicted molar refractivity (Wildman–Crippen MR) is 59.3 cm³/mol. The summed E-state index contributed by atoms with van der Waals surface area (Å²) in [5.41, 5.74) is 0.561. The van der Waals surface area contributed by atoms with Crippen LogP contribution in [0.1, 0.15) is 5.56 Å². The van der Waals surface area contributed by atoms with Crippen LogP contribution in [0.15, 0.2) is 24.3 Å². The molecule has 1 aliphatic rings. The van der Waals surface area contributed by atoms with Crippen molar-refractivity contribution in [2.75, 3.05) is 26.3 Å². The molecule has 84 valence electrons. The van der Waals surface area contributed by atoms with E-state index in [1.54, 1.807) is 12.1 Å². The van der Waals surface area contributed by atoms with Crippen LogP contribution in [0.2, 0.25) is 0 Å². The molecule has 4 heteroatoms. The fourth-order valence-electron chi connectivity index (χ4n) is 1.59. The first kappa shape index (κ1) is 10.9. The van der Waals surface area contributed by atoms with Gasteiger partial charge < -0.3 is 14.8 Å². The second-order valence-electron chi connectivity index (χ2n) is 3.62. The van der Waals surface area contributed by atoms with E-state index in [-0.39, 0.29) is 6.10 Å². The number of hydrogen-bond acceptors (Lipinski definition) is 4. The van der Waals surface area contributed by atoms with Gasteiger partial charge in [-0.1, -0.05) is 12.1 Å². The molecule has 1 aromatic rings. The highest BCUT2D eigenvalue weighted by Crippen LogP contribution is 2.16. The van der Waals surface area contributed by atoms with Gasteiger partial charge in [0.1, 0.15) is 24.5 Å². The molecule has 0 unspecified atom stereocenters. The number of morpholine rings is 1. The molecule has 1 aromatic carbocycles. The summed E-state index contributed by atoms with van der Waals surface area (Å²) in [5.74, 6) is 0.624. The highest BCUT2D eigenvalue weighted by molar-refractivity contribution is 5.42. The van der Waals surface area contributed by atoms with Crippen LogP contribution < -0.4 is 10.1 Å². The summed E-state index contributed by atoms with van der Waals surface area (Å²) in [5, 5.41) is 12.1. The third kappa shape index (κ3) is 2.72. The Morgan fingerprint density at radius 1 is 1.50 bits per heavy atom. The minimum atomic E-state index is 0.0699. The highest BCUT2D eigenvalue weighted by atomic mass is 16.5. The van der Waals surface area contributed by atoms with Gasteiger partial charge in [-0.3, -0.25) is 0 Å². The van der Waals surface area contributed by atoms with E-state index in [9.17, 15) is 0 Å². The summed E-state index contributed by atoms with van der Waals surface area (Å²) in [6.45, 7) is 2.89. The van der Waals surface area contributed by atoms with E-state index >= 15 is 0 Å². The van der Waals surface area contributed by atoms with Crippen LogP contribution in [-0.2, 0) is 4.74 Å². The zero-order chi connectivity index (χ0) is 11.2. The molecule has 0 radical (unpaired) electrons. The van der Waals surface area contributed by atoms with Gasteiger partial charge in [0.05, 0.1) is 12.2 Å². The minimum absolute atomic E-state index is 0.0699. The molecular formula is C12H14N2O2. The third-order valence-electron chi connectivity index (χ3n) is 2.44. The molecule has 0 aliphatic carbocycles. The second kappa shape index (κ2) is 5.50. The lowest BCUT2D eigenvalue weighted by Crippen LogP contribution is -2.41. The molecule has 1 saturated heterocycles. The van der Waals surface area contributed by atoms with E-state index in [2.05, 4.69) is 11.4 Å². The van der Waals surface area contributed by atoms with Crippen LogP contribution in [0.25, 0.3) is 0 Å². The Kier molecular flexibility index (Phi) is 3.76. The second-order valence-corrected chi connectivity index (χ2v) is 3.62. The molecule has 0 saturated carbocycles. The summed E-state index contributed by atoms with van der Waals surface area (Å²) in [6, 6.07) is 9.33. The van der Waals surface area contributed by atoms with Crippen molar-refractivity contribution in [1.82, 2.24) is 5.32 Å². The smallest absolute Gasteiger partial charge is 0.137 e. The van der Waals surface area contributed by atoms with E-state index < -0.39 is 0 Å². The first-order valence-corrected chi connectivity index (χ1v) is 5.34. The fourth-order valence-corrected chi connectivity index (χ4v) is 1.59. The number of nitriles is 1. The third-order valence-corrected chi connectivity index (χ3v) is 2.44. The van der Waals surface area contributed by atoms with Crippen molar-refractivity contribution in [3.8, 4) is 11.8 Å². The Labute approximate surface area is 94.8 Å². The van der Waals surface area contributed by atoms with Gasteiger partial charge in [0.2, 0.25) is 0 Å². The van der Waals surface area contributed by atoms with Crippen molar-refractivity contribution in [1.29, 1.82) is 5.26 Å². The maximum atomic E-state index is 8.88. The molecule has 1 atom stereocenters. The standard InChI is InChI=1S/C12H14N2O2/c13-7-10-3-1-2-4-12(10)16-9-11-8-14-5-6-15-11/h1-4,11,14H,5-6,8-9H2/t11-/m1/s1. The van der Waals surface area contributed by atoms with Gasteiger partial charge in [-0.25, -0.2) is 0 Å². The van der Waals surface area contributed by atoms with Gasteiger partial charge in [0.25, 0.3) is 0 Å². The number of rotatable bonds is 3. The molecule has 2 rings (SSSR count). The highest BCUT2D eigenvalue weighted by Gasteiger charge is 2.14. The SMILES string of the molecule is N#Cc1ccccc1OC[C@H]1CNCCO1. The normalized spacial score (nSPS) is 20.1. The van der Waals surface area contributed by atoms with Gasteiger partial charge in [-0.05, 0) is 12.1 Å². The topological polar surface area (TPSA) is 54.3 Å². The van der Waals surface area contributed by atoms with Crippen LogP contribution in [0.4, 0.5) is 0 Å². The summed E-state index contributed by atoms with van der Waals surface area (Å²) < 4.78 is 11.1. The fraction of sp³-hybridized carbons (Fsp3) is 0.417. The molecule has 1 N–H and O–H groups in total. The van der Waals surface area contributed by atoms with Crippen molar-refractivity contribution in [2.45, 2.75) is 6.10 Å². The summed E-state index contributed by atoms with van der Waals surface area (Å²) in [7, 11) is 0. The molecule has 1 heterocycles. The Bertz CT molecular complexity index is 381. The average Bonchev–Trinajstić information content (AvgIpc) is 2.38. The Morgan fingerprint density at radius 3 is 3.12 bits per heavy atom. The largest absolute Gasteiger partial charge is 0.489 e. The van der Waals surface area contributed by atoms with Crippen LogP contribution in [0.3, 0.4) is 0 Å². The van der Waals surface area contributed by atoms with Crippen molar-refractivity contribution in [3.63, 3.8) is 0 Å². The van der Waals surface area contributed by atoms with E-state index in [0.29, 0.717) is 24.5 Å². The van der Waals surface area contributed by atoms with Crippen molar-refractivity contribution < 1.29 is 9.47 Å². The lowest BCUT2D eigenvalue weighted by molar-refractivity contribution is 0.000141. The van der Waals surface area contributed by atoms with Crippen molar-refractivity contribution in [2.24, 2.45) is 0 Å². The van der Waals surface area contributed by atoms with Crippen molar-refractivity contribution in [3.05, 3.63) is 29.8 Å². The number of benzene rings is 1. The monoisotopic (exact) mass is 218 g/mol.